The molecule has 3 aromatic rings. The molecular weight excluding hydrogens is 287 g/mol. The van der Waals surface area contributed by atoms with Gasteiger partial charge in [0.25, 0.3) is 0 Å². The number of rotatable bonds is 0. The molecule has 2 aromatic carbocycles. The van der Waals surface area contributed by atoms with Crippen LogP contribution >= 0.6 is 22.6 Å². The second-order valence-electron chi connectivity index (χ2n) is 3.24. The lowest BCUT2D eigenvalue weighted by molar-refractivity contribution is 0.668. The van der Waals surface area contributed by atoms with Gasteiger partial charge in [0.15, 0.2) is 0 Å². The second kappa shape index (κ2) is 2.98. The summed E-state index contributed by atoms with van der Waals surface area (Å²) in [5.74, 6) is 0. The summed E-state index contributed by atoms with van der Waals surface area (Å²) in [5.41, 5.74) is 1.93. The second-order valence-corrected chi connectivity index (χ2v) is 4.48. The Labute approximate surface area is 94.9 Å². The molecule has 1 nitrogen and oxygen atoms in total. The van der Waals surface area contributed by atoms with Crippen molar-refractivity contribution in [1.82, 2.24) is 0 Å². The van der Waals surface area contributed by atoms with E-state index in [0.717, 1.165) is 11.2 Å². The Balaban J connectivity index is 2.57. The molecule has 0 aliphatic rings. The van der Waals surface area contributed by atoms with Gasteiger partial charge >= 0.3 is 0 Å². The maximum absolute atomic E-state index is 5.73. The fourth-order valence-corrected chi connectivity index (χ4v) is 2.16. The van der Waals surface area contributed by atoms with Crippen LogP contribution in [0.1, 0.15) is 0 Å². The molecule has 0 bridgehead atoms. The lowest BCUT2D eigenvalue weighted by atomic mass is 10.2. The van der Waals surface area contributed by atoms with Crippen LogP contribution in [0.25, 0.3) is 21.9 Å². The number of para-hydroxylation sites is 1. The van der Waals surface area contributed by atoms with Crippen LogP contribution in [0.15, 0.2) is 46.9 Å². The van der Waals surface area contributed by atoms with Gasteiger partial charge in [0.1, 0.15) is 11.2 Å². The highest BCUT2D eigenvalue weighted by atomic mass is 127. The van der Waals surface area contributed by atoms with E-state index in [1.165, 1.54) is 14.3 Å². The quantitative estimate of drug-likeness (QED) is 0.567. The van der Waals surface area contributed by atoms with Gasteiger partial charge in [-0.25, -0.2) is 0 Å². The Morgan fingerprint density at radius 1 is 0.857 bits per heavy atom. The first-order valence-corrected chi connectivity index (χ1v) is 5.49. The van der Waals surface area contributed by atoms with Crippen molar-refractivity contribution in [2.24, 2.45) is 0 Å². The van der Waals surface area contributed by atoms with Crippen molar-refractivity contribution in [3.05, 3.63) is 46.0 Å². The number of hydrogen-bond donors (Lipinski definition) is 0. The van der Waals surface area contributed by atoms with Crippen molar-refractivity contribution in [2.75, 3.05) is 0 Å². The summed E-state index contributed by atoms with van der Waals surface area (Å²) in [7, 11) is 0. The summed E-state index contributed by atoms with van der Waals surface area (Å²) in [6, 6.07) is 14.4. The first-order chi connectivity index (χ1) is 6.84. The summed E-state index contributed by atoms with van der Waals surface area (Å²) in [6.07, 6.45) is 0. The van der Waals surface area contributed by atoms with Crippen LogP contribution in [0.2, 0.25) is 0 Å². The number of hydrogen-bond acceptors (Lipinski definition) is 1. The minimum Gasteiger partial charge on any atom is -0.456 e. The van der Waals surface area contributed by atoms with Crippen molar-refractivity contribution >= 4 is 44.5 Å². The predicted octanol–water partition coefficient (Wildman–Crippen LogP) is 4.19. The molecule has 1 aromatic heterocycles. The molecule has 0 fully saturated rings. The summed E-state index contributed by atoms with van der Waals surface area (Å²) in [4.78, 5) is 0. The Kier molecular flexibility index (Phi) is 1.77. The highest BCUT2D eigenvalue weighted by Gasteiger charge is 2.05. The Hall–Kier alpha value is -1.03. The molecule has 0 spiro atoms. The average Bonchev–Trinajstić information content (AvgIpc) is 2.54. The third-order valence-corrected chi connectivity index (χ3v) is 3.01. The number of halogens is 1. The molecule has 0 N–H and O–H groups in total. The first kappa shape index (κ1) is 8.29. The van der Waals surface area contributed by atoms with E-state index in [2.05, 4.69) is 46.9 Å². The molecule has 14 heavy (non-hydrogen) atoms. The Bertz CT molecular complexity index is 610. The molecule has 0 amide bonds. The number of benzene rings is 2. The fraction of sp³-hybridized carbons (Fsp3) is 0. The van der Waals surface area contributed by atoms with Gasteiger partial charge < -0.3 is 4.42 Å². The zero-order valence-corrected chi connectivity index (χ0v) is 9.49. The normalized spacial score (nSPS) is 11.2. The third kappa shape index (κ3) is 1.14. The molecular formula is C12H7IO. The molecule has 1 heterocycles. The highest BCUT2D eigenvalue weighted by Crippen LogP contribution is 2.29. The van der Waals surface area contributed by atoms with E-state index in [1.807, 2.05) is 18.2 Å². The minimum absolute atomic E-state index is 0.963. The van der Waals surface area contributed by atoms with Crippen molar-refractivity contribution in [3.63, 3.8) is 0 Å². The van der Waals surface area contributed by atoms with Crippen molar-refractivity contribution in [3.8, 4) is 0 Å². The smallest absolute Gasteiger partial charge is 0.136 e. The standard InChI is InChI=1S/C12H7IO/c13-8-5-6-10-9-3-1-2-4-11(9)14-12(10)7-8/h1-7H. The number of furan rings is 1. The van der Waals surface area contributed by atoms with Crippen LogP contribution in [0.3, 0.4) is 0 Å². The van der Waals surface area contributed by atoms with Gasteiger partial charge in [0, 0.05) is 14.3 Å². The maximum Gasteiger partial charge on any atom is 0.136 e. The van der Waals surface area contributed by atoms with E-state index < -0.39 is 0 Å². The predicted molar refractivity (Wildman–Crippen MR) is 66.4 cm³/mol. The van der Waals surface area contributed by atoms with Gasteiger partial charge in [-0.1, -0.05) is 18.2 Å². The number of fused-ring (bicyclic) bond motifs is 3. The molecule has 3 rings (SSSR count). The average molecular weight is 294 g/mol. The van der Waals surface area contributed by atoms with Gasteiger partial charge in [-0.3, -0.25) is 0 Å². The lowest BCUT2D eigenvalue weighted by Crippen LogP contribution is -1.68. The molecule has 0 saturated heterocycles. The summed E-state index contributed by atoms with van der Waals surface area (Å²) < 4.78 is 6.93. The minimum atomic E-state index is 0.963. The van der Waals surface area contributed by atoms with Crippen LogP contribution in [-0.2, 0) is 0 Å². The lowest BCUT2D eigenvalue weighted by Gasteiger charge is -1.89. The van der Waals surface area contributed by atoms with Crippen LogP contribution in [0.4, 0.5) is 0 Å². The molecule has 0 aliphatic carbocycles. The topological polar surface area (TPSA) is 13.1 Å². The summed E-state index contributed by atoms with van der Waals surface area (Å²) in [6.45, 7) is 0. The SMILES string of the molecule is Ic1ccc2c(c1)oc1ccccc12. The van der Waals surface area contributed by atoms with Gasteiger partial charge in [0.2, 0.25) is 0 Å². The van der Waals surface area contributed by atoms with Crippen molar-refractivity contribution in [1.29, 1.82) is 0 Å². The van der Waals surface area contributed by atoms with Crippen LogP contribution < -0.4 is 0 Å². The zero-order chi connectivity index (χ0) is 9.54. The van der Waals surface area contributed by atoms with E-state index in [0.29, 0.717) is 0 Å². The van der Waals surface area contributed by atoms with E-state index in [1.54, 1.807) is 0 Å². The molecule has 68 valence electrons. The van der Waals surface area contributed by atoms with Gasteiger partial charge in [-0.05, 0) is 46.9 Å². The summed E-state index contributed by atoms with van der Waals surface area (Å²) >= 11 is 2.29. The van der Waals surface area contributed by atoms with E-state index >= 15 is 0 Å². The third-order valence-electron chi connectivity index (χ3n) is 2.34. The monoisotopic (exact) mass is 294 g/mol. The van der Waals surface area contributed by atoms with Crippen LogP contribution in [0.5, 0.6) is 0 Å². The van der Waals surface area contributed by atoms with E-state index in [9.17, 15) is 0 Å². The molecule has 2 heteroatoms. The maximum atomic E-state index is 5.73. The van der Waals surface area contributed by atoms with E-state index in [-0.39, 0.29) is 0 Å². The molecule has 0 aliphatic heterocycles. The Morgan fingerprint density at radius 3 is 2.57 bits per heavy atom. The zero-order valence-electron chi connectivity index (χ0n) is 7.33. The molecule has 0 unspecified atom stereocenters. The highest BCUT2D eigenvalue weighted by molar-refractivity contribution is 14.1. The molecule has 0 saturated carbocycles. The Morgan fingerprint density at radius 2 is 1.64 bits per heavy atom. The first-order valence-electron chi connectivity index (χ1n) is 4.41. The van der Waals surface area contributed by atoms with Crippen LogP contribution in [0, 0.1) is 3.57 Å². The molecule has 0 atom stereocenters. The van der Waals surface area contributed by atoms with Crippen molar-refractivity contribution in [2.45, 2.75) is 0 Å². The van der Waals surface area contributed by atoms with Crippen molar-refractivity contribution < 1.29 is 4.42 Å². The molecule has 0 radical (unpaired) electrons. The van der Waals surface area contributed by atoms with E-state index in [4.69, 9.17) is 4.42 Å². The van der Waals surface area contributed by atoms with Gasteiger partial charge in [0.05, 0.1) is 0 Å². The van der Waals surface area contributed by atoms with Crippen LogP contribution in [-0.4, -0.2) is 0 Å². The fourth-order valence-electron chi connectivity index (χ4n) is 1.70. The summed E-state index contributed by atoms with van der Waals surface area (Å²) in [5, 5.41) is 2.39. The largest absolute Gasteiger partial charge is 0.456 e. The van der Waals surface area contributed by atoms with Gasteiger partial charge in [-0.15, -0.1) is 0 Å². The van der Waals surface area contributed by atoms with Gasteiger partial charge in [-0.2, -0.15) is 0 Å².